The molecule has 2 heterocycles. The van der Waals surface area contributed by atoms with Gasteiger partial charge in [0.1, 0.15) is 5.75 Å². The normalized spacial score (nSPS) is 15.0. The van der Waals surface area contributed by atoms with Crippen LogP contribution in [0, 0.1) is 13.8 Å². The number of nitrogens with zero attached hydrogens (tertiary/aromatic N) is 4. The molecule has 1 aliphatic rings. The molecule has 9 heteroatoms. The zero-order valence-electron chi connectivity index (χ0n) is 17.0. The third-order valence-electron chi connectivity index (χ3n) is 5.02. The van der Waals surface area contributed by atoms with E-state index in [1.54, 1.807) is 12.1 Å². The van der Waals surface area contributed by atoms with Crippen molar-refractivity contribution >= 4 is 23.0 Å². The van der Waals surface area contributed by atoms with Crippen molar-refractivity contribution in [2.45, 2.75) is 40.5 Å². The zero-order valence-corrected chi connectivity index (χ0v) is 17.8. The fourth-order valence-corrected chi connectivity index (χ4v) is 3.64. The molecule has 0 saturated carbocycles. The second-order valence-electron chi connectivity index (χ2n) is 7.17. The molecule has 0 aliphatic carbocycles. The van der Waals surface area contributed by atoms with Crippen LogP contribution in [-0.2, 0) is 13.1 Å². The van der Waals surface area contributed by atoms with Gasteiger partial charge in [0.25, 0.3) is 0 Å². The molecule has 29 heavy (non-hydrogen) atoms. The highest BCUT2D eigenvalue weighted by Crippen LogP contribution is 2.28. The number of aryl methyl sites for hydroxylation is 3. The molecule has 1 aromatic carbocycles. The predicted molar refractivity (Wildman–Crippen MR) is 114 cm³/mol. The van der Waals surface area contributed by atoms with Crippen LogP contribution in [0.1, 0.15) is 23.7 Å². The van der Waals surface area contributed by atoms with Gasteiger partial charge in [0.15, 0.2) is 5.11 Å². The predicted octanol–water partition coefficient (Wildman–Crippen LogP) is 3.64. The molecule has 0 atom stereocenters. The number of anilines is 1. The average Bonchev–Trinajstić information content (AvgIpc) is 3.03. The van der Waals surface area contributed by atoms with Crippen molar-refractivity contribution < 1.29 is 13.5 Å². The highest BCUT2D eigenvalue weighted by atomic mass is 32.1. The van der Waals surface area contributed by atoms with Crippen LogP contribution in [0.5, 0.6) is 5.75 Å². The molecule has 1 N–H and O–H groups in total. The second-order valence-corrected chi connectivity index (χ2v) is 7.55. The van der Waals surface area contributed by atoms with Crippen LogP contribution in [0.25, 0.3) is 0 Å². The maximum atomic E-state index is 12.7. The monoisotopic (exact) mass is 423 g/mol. The van der Waals surface area contributed by atoms with Crippen LogP contribution >= 0.6 is 12.2 Å². The maximum Gasteiger partial charge on any atom is 0.387 e. The van der Waals surface area contributed by atoms with E-state index in [9.17, 15) is 8.78 Å². The van der Waals surface area contributed by atoms with Crippen LogP contribution in [0.4, 0.5) is 14.5 Å². The zero-order chi connectivity index (χ0) is 21.0. The standard InChI is InChI=1S/C20H27F2N5OS/c1-4-27-13-16(15(3)24-27)12-25-7-9-26(10-8-25)20(29)23-17-6-5-14(2)11-18(17)28-19(21)22/h5-6,11,13,19H,4,7-10,12H2,1-3H3,(H,23,29). The molecule has 2 aromatic rings. The summed E-state index contributed by atoms with van der Waals surface area (Å²) in [6.07, 6.45) is 2.11. The lowest BCUT2D eigenvalue weighted by molar-refractivity contribution is -0.0493. The molecule has 1 fully saturated rings. The van der Waals surface area contributed by atoms with Gasteiger partial charge in [-0.1, -0.05) is 6.07 Å². The first-order chi connectivity index (χ1) is 13.9. The molecule has 1 saturated heterocycles. The van der Waals surface area contributed by atoms with Gasteiger partial charge >= 0.3 is 6.61 Å². The van der Waals surface area contributed by atoms with Gasteiger partial charge in [-0.2, -0.15) is 13.9 Å². The fraction of sp³-hybridized carbons (Fsp3) is 0.500. The summed E-state index contributed by atoms with van der Waals surface area (Å²) in [4.78, 5) is 4.43. The number of benzene rings is 1. The van der Waals surface area contributed by atoms with Gasteiger partial charge in [0.2, 0.25) is 0 Å². The van der Waals surface area contributed by atoms with Crippen molar-refractivity contribution in [3.05, 3.63) is 41.2 Å². The van der Waals surface area contributed by atoms with E-state index in [1.165, 1.54) is 5.56 Å². The van der Waals surface area contributed by atoms with Gasteiger partial charge in [-0.3, -0.25) is 9.58 Å². The van der Waals surface area contributed by atoms with Crippen molar-refractivity contribution in [3.8, 4) is 5.75 Å². The number of alkyl halides is 2. The minimum atomic E-state index is -2.88. The minimum Gasteiger partial charge on any atom is -0.433 e. The number of nitrogens with one attached hydrogen (secondary N) is 1. The van der Waals surface area contributed by atoms with Crippen molar-refractivity contribution in [2.24, 2.45) is 0 Å². The summed E-state index contributed by atoms with van der Waals surface area (Å²) in [5.41, 5.74) is 3.60. The van der Waals surface area contributed by atoms with E-state index < -0.39 is 6.61 Å². The van der Waals surface area contributed by atoms with Crippen molar-refractivity contribution in [1.82, 2.24) is 19.6 Å². The van der Waals surface area contributed by atoms with Crippen molar-refractivity contribution in [1.29, 1.82) is 0 Å². The number of aromatic nitrogens is 2. The van der Waals surface area contributed by atoms with Gasteiger partial charge in [0, 0.05) is 51.0 Å². The second kappa shape index (κ2) is 9.49. The quantitative estimate of drug-likeness (QED) is 0.716. The Morgan fingerprint density at radius 2 is 1.97 bits per heavy atom. The largest absolute Gasteiger partial charge is 0.433 e. The number of piperazine rings is 1. The van der Waals surface area contributed by atoms with Gasteiger partial charge in [-0.15, -0.1) is 0 Å². The van der Waals surface area contributed by atoms with Gasteiger partial charge in [0.05, 0.1) is 11.4 Å². The van der Waals surface area contributed by atoms with Crippen LogP contribution in [0.3, 0.4) is 0 Å². The summed E-state index contributed by atoms with van der Waals surface area (Å²) in [5, 5.41) is 8.08. The first-order valence-electron chi connectivity index (χ1n) is 9.72. The minimum absolute atomic E-state index is 0.101. The van der Waals surface area contributed by atoms with E-state index in [1.807, 2.05) is 24.6 Å². The molecule has 1 aromatic heterocycles. The van der Waals surface area contributed by atoms with Crippen LogP contribution in [0.2, 0.25) is 0 Å². The Bertz CT molecular complexity index is 849. The summed E-state index contributed by atoms with van der Waals surface area (Å²) in [7, 11) is 0. The molecule has 158 valence electrons. The van der Waals surface area contributed by atoms with E-state index in [-0.39, 0.29) is 5.75 Å². The van der Waals surface area contributed by atoms with E-state index in [2.05, 4.69) is 38.1 Å². The molecule has 0 spiro atoms. The van der Waals surface area contributed by atoms with E-state index in [0.717, 1.165) is 50.5 Å². The fourth-order valence-electron chi connectivity index (χ4n) is 3.35. The molecule has 3 rings (SSSR count). The maximum absolute atomic E-state index is 12.7. The summed E-state index contributed by atoms with van der Waals surface area (Å²) in [6, 6.07) is 5.12. The van der Waals surface area contributed by atoms with Gasteiger partial charge < -0.3 is 15.0 Å². The Hall–Kier alpha value is -2.26. The molecule has 0 unspecified atom stereocenters. The number of thiocarbonyl (C=S) groups is 1. The molecular formula is C20H27F2N5OS. The van der Waals surface area contributed by atoms with Crippen molar-refractivity contribution in [2.75, 3.05) is 31.5 Å². The Labute approximate surface area is 175 Å². The molecular weight excluding hydrogens is 396 g/mol. The number of hydrogen-bond donors (Lipinski definition) is 1. The van der Waals surface area contributed by atoms with E-state index in [4.69, 9.17) is 12.2 Å². The topological polar surface area (TPSA) is 45.6 Å². The van der Waals surface area contributed by atoms with Crippen LogP contribution in [0.15, 0.2) is 24.4 Å². The highest BCUT2D eigenvalue weighted by Gasteiger charge is 2.21. The van der Waals surface area contributed by atoms with Gasteiger partial charge in [-0.05, 0) is 50.7 Å². The molecule has 0 bridgehead atoms. The molecule has 0 amide bonds. The molecule has 1 aliphatic heterocycles. The van der Waals surface area contributed by atoms with E-state index >= 15 is 0 Å². The van der Waals surface area contributed by atoms with Gasteiger partial charge in [-0.25, -0.2) is 0 Å². The first-order valence-corrected chi connectivity index (χ1v) is 10.1. The smallest absolute Gasteiger partial charge is 0.387 e. The first kappa shape index (κ1) is 21.4. The summed E-state index contributed by atoms with van der Waals surface area (Å²) < 4.78 is 32.0. The number of rotatable bonds is 6. The Morgan fingerprint density at radius 3 is 2.59 bits per heavy atom. The van der Waals surface area contributed by atoms with Crippen molar-refractivity contribution in [3.63, 3.8) is 0 Å². The number of halogens is 2. The summed E-state index contributed by atoms with van der Waals surface area (Å²) in [6.45, 7) is 8.06. The molecule has 6 nitrogen and oxygen atoms in total. The number of hydrogen-bond acceptors (Lipinski definition) is 4. The lowest BCUT2D eigenvalue weighted by Gasteiger charge is -2.36. The average molecular weight is 424 g/mol. The summed E-state index contributed by atoms with van der Waals surface area (Å²) in [5.74, 6) is 0.101. The Morgan fingerprint density at radius 1 is 1.24 bits per heavy atom. The Balaban J connectivity index is 1.56. The third-order valence-corrected chi connectivity index (χ3v) is 5.38. The van der Waals surface area contributed by atoms with Crippen LogP contribution < -0.4 is 10.1 Å². The van der Waals surface area contributed by atoms with E-state index in [0.29, 0.717) is 10.8 Å². The Kier molecular flexibility index (Phi) is 7.02. The summed E-state index contributed by atoms with van der Waals surface area (Å²) >= 11 is 5.51. The lowest BCUT2D eigenvalue weighted by atomic mass is 10.2. The SMILES string of the molecule is CCn1cc(CN2CCN(C(=S)Nc3ccc(C)cc3OC(F)F)CC2)c(C)n1. The number of ether oxygens (including phenoxy) is 1. The highest BCUT2D eigenvalue weighted by molar-refractivity contribution is 7.80. The molecule has 0 radical (unpaired) electrons. The van der Waals surface area contributed by atoms with Crippen LogP contribution in [-0.4, -0.2) is 57.5 Å². The third kappa shape index (κ3) is 5.63. The lowest BCUT2D eigenvalue weighted by Crippen LogP contribution is -2.49.